The summed E-state index contributed by atoms with van der Waals surface area (Å²) in [6.45, 7) is 13.1. The van der Waals surface area contributed by atoms with Crippen molar-refractivity contribution in [2.75, 3.05) is 0 Å². The first kappa shape index (κ1) is 23.2. The molecule has 8 aliphatic rings. The van der Waals surface area contributed by atoms with Gasteiger partial charge in [-0.2, -0.15) is 0 Å². The Morgan fingerprint density at radius 2 is 1.78 bits per heavy atom. The number of carbonyl (C=O) groups excluding carboxylic acids is 1. The molecule has 0 unspecified atom stereocenters. The Kier molecular flexibility index (Phi) is 4.33. The van der Waals surface area contributed by atoms with Crippen LogP contribution in [0.3, 0.4) is 0 Å². The third kappa shape index (κ3) is 2.44. The van der Waals surface area contributed by atoms with E-state index in [9.17, 15) is 4.79 Å². The maximum absolute atomic E-state index is 11.6. The van der Waals surface area contributed by atoms with E-state index in [1.54, 1.807) is 6.92 Å². The lowest BCUT2D eigenvalue weighted by Gasteiger charge is -2.60. The Balaban J connectivity index is 1.13. The Hall–Kier alpha value is -0.690. The molecule has 0 amide bonds. The van der Waals surface area contributed by atoms with Crippen molar-refractivity contribution in [1.29, 1.82) is 0 Å². The smallest absolute Gasteiger partial charge is 0.302 e. The lowest BCUT2D eigenvalue weighted by molar-refractivity contribution is -0.319. The third-order valence-electron chi connectivity index (χ3n) is 13.5. The van der Waals surface area contributed by atoms with E-state index < -0.39 is 11.4 Å². The largest absolute Gasteiger partial charge is 0.463 e. The van der Waals surface area contributed by atoms with E-state index >= 15 is 0 Å². The summed E-state index contributed by atoms with van der Waals surface area (Å²) in [6.07, 6.45) is 9.23. The van der Waals surface area contributed by atoms with E-state index in [0.29, 0.717) is 35.5 Å². The summed E-state index contributed by atoms with van der Waals surface area (Å²) < 4.78 is 33.7. The maximum atomic E-state index is 11.6. The van der Waals surface area contributed by atoms with Gasteiger partial charge in [0.15, 0.2) is 12.1 Å². The van der Waals surface area contributed by atoms with Crippen LogP contribution in [0.1, 0.15) is 92.9 Å². The summed E-state index contributed by atoms with van der Waals surface area (Å²) in [6, 6.07) is 0. The summed E-state index contributed by atoms with van der Waals surface area (Å²) in [5, 5.41) is 0. The zero-order valence-corrected chi connectivity index (χ0v) is 22.9. The van der Waals surface area contributed by atoms with Gasteiger partial charge in [0.2, 0.25) is 0 Å². The lowest BCUT2D eigenvalue weighted by Crippen LogP contribution is -2.59. The molecule has 6 heteroatoms. The standard InChI is InChI=1S/C30H44O6/c1-15-13-30(36-26(15,3)4)28(6)24-21(34-30)12-20-19-8-7-17-11-18(32-16(2)31)9-10-27(17,5)23(19)22-14-29(20,24)25(33-22)35-28/h15,17-25H,7-14H2,1-6H3/t15-,17-,18+,19-,20-,21-,22-,23+,24+,25+,27-,28+,29+,30-/m0/s1. The Morgan fingerprint density at radius 1 is 0.972 bits per heavy atom. The molecule has 4 heterocycles. The van der Waals surface area contributed by atoms with Gasteiger partial charge in [0.05, 0.1) is 17.8 Å². The van der Waals surface area contributed by atoms with Crippen molar-refractivity contribution < 1.29 is 28.5 Å². The first-order valence-corrected chi connectivity index (χ1v) is 14.8. The molecule has 0 aromatic rings. The van der Waals surface area contributed by atoms with Crippen molar-refractivity contribution in [3.8, 4) is 0 Å². The van der Waals surface area contributed by atoms with Crippen LogP contribution >= 0.6 is 0 Å². The second kappa shape index (κ2) is 6.71. The van der Waals surface area contributed by atoms with Crippen LogP contribution in [-0.4, -0.2) is 47.6 Å². The van der Waals surface area contributed by atoms with Crippen LogP contribution in [0, 0.1) is 46.3 Å². The summed E-state index contributed by atoms with van der Waals surface area (Å²) in [5.41, 5.74) is -0.327. The lowest BCUT2D eigenvalue weighted by atomic mass is 9.44. The summed E-state index contributed by atoms with van der Waals surface area (Å²) in [5.74, 6) is 2.46. The molecule has 36 heavy (non-hydrogen) atoms. The van der Waals surface area contributed by atoms with Crippen molar-refractivity contribution >= 4 is 5.97 Å². The van der Waals surface area contributed by atoms with Gasteiger partial charge in [-0.15, -0.1) is 0 Å². The van der Waals surface area contributed by atoms with E-state index in [-0.39, 0.29) is 47.0 Å². The first-order chi connectivity index (χ1) is 16.9. The number of rotatable bonds is 1. The molecular weight excluding hydrogens is 456 g/mol. The van der Waals surface area contributed by atoms with Gasteiger partial charge in [0.1, 0.15) is 11.7 Å². The zero-order chi connectivity index (χ0) is 25.0. The van der Waals surface area contributed by atoms with Gasteiger partial charge >= 0.3 is 5.97 Å². The molecule has 4 aliphatic heterocycles. The van der Waals surface area contributed by atoms with Gasteiger partial charge < -0.3 is 23.7 Å². The summed E-state index contributed by atoms with van der Waals surface area (Å²) in [4.78, 5) is 11.6. The number of hydrogen-bond donors (Lipinski definition) is 0. The molecular formula is C30H44O6. The van der Waals surface area contributed by atoms with Gasteiger partial charge in [-0.25, -0.2) is 0 Å². The molecule has 6 nitrogen and oxygen atoms in total. The van der Waals surface area contributed by atoms with Crippen LogP contribution in [0.4, 0.5) is 0 Å². The minimum Gasteiger partial charge on any atom is -0.463 e. The number of fused-ring (bicyclic) bond motifs is 7. The van der Waals surface area contributed by atoms with Crippen molar-refractivity contribution in [2.24, 2.45) is 46.3 Å². The van der Waals surface area contributed by atoms with Crippen molar-refractivity contribution in [2.45, 2.75) is 135 Å². The Morgan fingerprint density at radius 3 is 2.50 bits per heavy atom. The van der Waals surface area contributed by atoms with E-state index in [1.165, 1.54) is 12.8 Å². The quantitative estimate of drug-likeness (QED) is 0.460. The van der Waals surface area contributed by atoms with Crippen molar-refractivity contribution in [1.82, 2.24) is 0 Å². The zero-order valence-electron chi connectivity index (χ0n) is 22.9. The minimum absolute atomic E-state index is 0.0756. The average molecular weight is 501 g/mol. The Bertz CT molecular complexity index is 1010. The molecule has 0 radical (unpaired) electrons. The highest BCUT2D eigenvalue weighted by atomic mass is 16.8. The predicted molar refractivity (Wildman–Crippen MR) is 131 cm³/mol. The van der Waals surface area contributed by atoms with Crippen molar-refractivity contribution in [3.05, 3.63) is 0 Å². The van der Waals surface area contributed by atoms with Crippen LogP contribution in [0.2, 0.25) is 0 Å². The molecule has 0 aromatic carbocycles. The van der Waals surface area contributed by atoms with Gasteiger partial charge in [-0.3, -0.25) is 4.79 Å². The number of hydrogen-bond acceptors (Lipinski definition) is 6. The van der Waals surface area contributed by atoms with Gasteiger partial charge in [-0.05, 0) is 101 Å². The Labute approximate surface area is 215 Å². The molecule has 8 rings (SSSR count). The monoisotopic (exact) mass is 500 g/mol. The molecule has 8 fully saturated rings. The van der Waals surface area contributed by atoms with Gasteiger partial charge in [0.25, 0.3) is 0 Å². The summed E-state index contributed by atoms with van der Waals surface area (Å²) in [7, 11) is 0. The van der Waals surface area contributed by atoms with Crippen molar-refractivity contribution in [3.63, 3.8) is 0 Å². The molecule has 2 bridgehead atoms. The minimum atomic E-state index is -0.649. The van der Waals surface area contributed by atoms with Crippen LogP contribution in [0.5, 0.6) is 0 Å². The molecule has 0 aromatic heterocycles. The number of ether oxygens (including phenoxy) is 5. The number of esters is 1. The van der Waals surface area contributed by atoms with E-state index in [2.05, 4.69) is 34.6 Å². The topological polar surface area (TPSA) is 63.2 Å². The highest BCUT2D eigenvalue weighted by Crippen LogP contribution is 2.80. The molecule has 4 saturated heterocycles. The molecule has 200 valence electrons. The fourth-order valence-electron chi connectivity index (χ4n) is 11.9. The highest BCUT2D eigenvalue weighted by Gasteiger charge is 2.86. The van der Waals surface area contributed by atoms with E-state index in [0.717, 1.165) is 38.5 Å². The molecule has 4 aliphatic carbocycles. The molecule has 0 N–H and O–H groups in total. The fraction of sp³-hybridized carbons (Fsp3) is 0.967. The average Bonchev–Trinajstić information content (AvgIpc) is 3.46. The highest BCUT2D eigenvalue weighted by molar-refractivity contribution is 5.66. The van der Waals surface area contributed by atoms with E-state index in [4.69, 9.17) is 23.7 Å². The van der Waals surface area contributed by atoms with Crippen LogP contribution in [0.25, 0.3) is 0 Å². The van der Waals surface area contributed by atoms with Crippen LogP contribution in [-0.2, 0) is 28.5 Å². The predicted octanol–water partition coefficient (Wildman–Crippen LogP) is 5.22. The first-order valence-electron chi connectivity index (χ1n) is 14.8. The second-order valence-corrected chi connectivity index (χ2v) is 15.1. The molecule has 4 saturated carbocycles. The third-order valence-corrected chi connectivity index (χ3v) is 13.5. The van der Waals surface area contributed by atoms with Crippen LogP contribution < -0.4 is 0 Å². The normalized spacial score (nSPS) is 63.3. The van der Waals surface area contributed by atoms with Gasteiger partial charge in [0, 0.05) is 24.7 Å². The van der Waals surface area contributed by atoms with Gasteiger partial charge in [-0.1, -0.05) is 13.8 Å². The SMILES string of the molecule is CC(=O)O[C@@H]1CC[C@@]2(C)[C@@H](CC[C@@H]3[C@@H]2[C@@H]2C[C@]45[C@H](O2)O[C@]2(C)[C@H]4[C@H](C[C@@H]35)O[C@]23C[C@H](C)C(C)(C)O3)C1. The molecule has 14 atom stereocenters. The second-order valence-electron chi connectivity index (χ2n) is 15.1. The number of carbonyl (C=O) groups is 1. The van der Waals surface area contributed by atoms with Crippen LogP contribution in [0.15, 0.2) is 0 Å². The maximum Gasteiger partial charge on any atom is 0.302 e. The van der Waals surface area contributed by atoms with E-state index in [1.807, 2.05) is 0 Å². The molecule has 2 spiro atoms. The fourth-order valence-corrected chi connectivity index (χ4v) is 11.9. The summed E-state index contributed by atoms with van der Waals surface area (Å²) >= 11 is 0.